The van der Waals surface area contributed by atoms with Crippen LogP contribution in [-0.2, 0) is 5.41 Å². The van der Waals surface area contributed by atoms with Gasteiger partial charge in [-0.05, 0) is 42.3 Å². The molecule has 0 radical (unpaired) electrons. The van der Waals surface area contributed by atoms with Crippen molar-refractivity contribution in [3.63, 3.8) is 0 Å². The minimum absolute atomic E-state index is 0.00941. The molecule has 0 spiro atoms. The van der Waals surface area contributed by atoms with Gasteiger partial charge in [0.1, 0.15) is 5.75 Å². The molecule has 0 aliphatic rings. The average Bonchev–Trinajstić information content (AvgIpc) is 2.73. The Balaban J connectivity index is 1.76. The van der Waals surface area contributed by atoms with Crippen LogP contribution in [-0.4, -0.2) is 11.8 Å². The van der Waals surface area contributed by atoms with Gasteiger partial charge in [0, 0.05) is 16.4 Å². The second-order valence-electron chi connectivity index (χ2n) is 9.56. The Kier molecular flexibility index (Phi) is 6.17. The number of hydrogen-bond donors (Lipinski definition) is 0. The van der Waals surface area contributed by atoms with Gasteiger partial charge < -0.3 is 4.74 Å². The SMILES string of the molecule is Cc1ccc(C(C)(C)c2ccc(OC(=O)c3cccc(C(=O)C(C)(C)C)c3)cc2)cc1. The molecule has 31 heavy (non-hydrogen) atoms. The monoisotopic (exact) mass is 414 g/mol. The fraction of sp³-hybridized carbons (Fsp3) is 0.286. The first-order valence-electron chi connectivity index (χ1n) is 10.5. The van der Waals surface area contributed by atoms with Gasteiger partial charge >= 0.3 is 5.97 Å². The molecule has 0 amide bonds. The molecule has 3 aromatic carbocycles. The summed E-state index contributed by atoms with van der Waals surface area (Å²) in [6.07, 6.45) is 0. The normalized spacial score (nSPS) is 11.8. The zero-order valence-corrected chi connectivity index (χ0v) is 19.2. The van der Waals surface area contributed by atoms with Gasteiger partial charge in [0.25, 0.3) is 0 Å². The van der Waals surface area contributed by atoms with E-state index in [2.05, 4.69) is 45.0 Å². The fourth-order valence-electron chi connectivity index (χ4n) is 3.46. The van der Waals surface area contributed by atoms with Crippen LogP contribution in [0, 0.1) is 12.3 Å². The predicted octanol–water partition coefficient (Wildman–Crippen LogP) is 6.77. The standard InChI is InChI=1S/C28H30O3/c1-19-10-12-22(13-11-19)28(5,6)23-14-16-24(17-15-23)31-26(30)21-9-7-8-20(18-21)25(29)27(2,3)4/h7-18H,1-6H3. The molecule has 0 fully saturated rings. The van der Waals surface area contributed by atoms with Crippen LogP contribution in [0.15, 0.2) is 72.8 Å². The van der Waals surface area contributed by atoms with Crippen molar-refractivity contribution < 1.29 is 14.3 Å². The first-order valence-corrected chi connectivity index (χ1v) is 10.5. The van der Waals surface area contributed by atoms with E-state index in [1.54, 1.807) is 24.3 Å². The summed E-state index contributed by atoms with van der Waals surface area (Å²) in [7, 11) is 0. The van der Waals surface area contributed by atoms with Gasteiger partial charge in [-0.2, -0.15) is 0 Å². The highest BCUT2D eigenvalue weighted by Gasteiger charge is 2.25. The topological polar surface area (TPSA) is 43.4 Å². The summed E-state index contributed by atoms with van der Waals surface area (Å²) >= 11 is 0. The largest absolute Gasteiger partial charge is 0.423 e. The Morgan fingerprint density at radius 1 is 0.710 bits per heavy atom. The van der Waals surface area contributed by atoms with E-state index < -0.39 is 11.4 Å². The van der Waals surface area contributed by atoms with Crippen molar-refractivity contribution >= 4 is 11.8 Å². The Morgan fingerprint density at radius 2 is 1.23 bits per heavy atom. The Labute approximate surface area is 185 Å². The lowest BCUT2D eigenvalue weighted by Gasteiger charge is -2.26. The van der Waals surface area contributed by atoms with Crippen molar-refractivity contribution in [2.24, 2.45) is 5.41 Å². The summed E-state index contributed by atoms with van der Waals surface area (Å²) in [5.74, 6) is -0.0139. The number of aryl methyl sites for hydroxylation is 1. The highest BCUT2D eigenvalue weighted by atomic mass is 16.5. The van der Waals surface area contributed by atoms with E-state index in [1.165, 1.54) is 11.1 Å². The number of Topliss-reactive ketones (excluding diaryl/α,β-unsaturated/α-hetero) is 1. The number of carbonyl (C=O) groups is 2. The number of esters is 1. The summed E-state index contributed by atoms with van der Waals surface area (Å²) in [4.78, 5) is 25.2. The van der Waals surface area contributed by atoms with Crippen molar-refractivity contribution in [3.05, 3.63) is 101 Å². The lowest BCUT2D eigenvalue weighted by Crippen LogP contribution is -2.21. The number of hydrogen-bond acceptors (Lipinski definition) is 3. The predicted molar refractivity (Wildman–Crippen MR) is 125 cm³/mol. The molecule has 0 aliphatic carbocycles. The number of rotatable bonds is 5. The van der Waals surface area contributed by atoms with Crippen molar-refractivity contribution in [2.45, 2.75) is 47.0 Å². The molecule has 0 heterocycles. The molecule has 0 saturated heterocycles. The fourth-order valence-corrected chi connectivity index (χ4v) is 3.46. The summed E-state index contributed by atoms with van der Waals surface area (Å²) in [6, 6.07) is 22.8. The third-order valence-electron chi connectivity index (χ3n) is 5.60. The van der Waals surface area contributed by atoms with Crippen LogP contribution in [0.3, 0.4) is 0 Å². The maximum atomic E-state index is 12.6. The van der Waals surface area contributed by atoms with Crippen LogP contribution >= 0.6 is 0 Å². The zero-order chi connectivity index (χ0) is 22.8. The molecule has 3 aromatic rings. The molecular formula is C28H30O3. The van der Waals surface area contributed by atoms with E-state index >= 15 is 0 Å². The zero-order valence-electron chi connectivity index (χ0n) is 19.2. The molecule has 3 heteroatoms. The Morgan fingerprint density at radius 3 is 1.77 bits per heavy atom. The molecule has 0 aromatic heterocycles. The minimum Gasteiger partial charge on any atom is -0.423 e. The lowest BCUT2D eigenvalue weighted by molar-refractivity contribution is 0.0734. The molecule has 0 aliphatic heterocycles. The average molecular weight is 415 g/mol. The quantitative estimate of drug-likeness (QED) is 0.263. The molecule has 3 rings (SSSR count). The highest BCUT2D eigenvalue weighted by Crippen LogP contribution is 2.32. The molecule has 3 nitrogen and oxygen atoms in total. The summed E-state index contributed by atoms with van der Waals surface area (Å²) in [5, 5.41) is 0. The lowest BCUT2D eigenvalue weighted by atomic mass is 9.78. The molecule has 160 valence electrons. The van der Waals surface area contributed by atoms with Crippen LogP contribution in [0.1, 0.15) is 72.0 Å². The summed E-state index contributed by atoms with van der Waals surface area (Å²) < 4.78 is 5.56. The van der Waals surface area contributed by atoms with E-state index in [4.69, 9.17) is 4.74 Å². The molecule has 0 atom stereocenters. The van der Waals surface area contributed by atoms with E-state index in [0.717, 1.165) is 5.56 Å². The van der Waals surface area contributed by atoms with E-state index in [1.807, 2.05) is 45.0 Å². The Bertz CT molecular complexity index is 1080. The molecule has 0 bridgehead atoms. The first kappa shape index (κ1) is 22.5. The van der Waals surface area contributed by atoms with Crippen LogP contribution in [0.25, 0.3) is 0 Å². The van der Waals surface area contributed by atoms with Gasteiger partial charge in [-0.1, -0.05) is 88.7 Å². The maximum absolute atomic E-state index is 12.6. The maximum Gasteiger partial charge on any atom is 0.343 e. The highest BCUT2D eigenvalue weighted by molar-refractivity contribution is 6.02. The first-order chi connectivity index (χ1) is 14.5. The van der Waals surface area contributed by atoms with Gasteiger partial charge in [-0.15, -0.1) is 0 Å². The molecule has 0 unspecified atom stereocenters. The smallest absolute Gasteiger partial charge is 0.343 e. The van der Waals surface area contributed by atoms with E-state index in [-0.39, 0.29) is 11.2 Å². The van der Waals surface area contributed by atoms with Crippen LogP contribution < -0.4 is 4.74 Å². The van der Waals surface area contributed by atoms with Crippen LogP contribution in [0.2, 0.25) is 0 Å². The number of carbonyl (C=O) groups excluding carboxylic acids is 2. The third-order valence-corrected chi connectivity index (χ3v) is 5.60. The van der Waals surface area contributed by atoms with Gasteiger partial charge in [-0.25, -0.2) is 4.79 Å². The third kappa shape index (κ3) is 5.11. The van der Waals surface area contributed by atoms with Crippen molar-refractivity contribution in [2.75, 3.05) is 0 Å². The number of ketones is 1. The minimum atomic E-state index is -0.511. The molecular weight excluding hydrogens is 384 g/mol. The van der Waals surface area contributed by atoms with Gasteiger partial charge in [-0.3, -0.25) is 4.79 Å². The number of ether oxygens (including phenoxy) is 1. The molecule has 0 saturated carbocycles. The van der Waals surface area contributed by atoms with Crippen molar-refractivity contribution in [3.8, 4) is 5.75 Å². The van der Waals surface area contributed by atoms with Gasteiger partial charge in [0.15, 0.2) is 5.78 Å². The van der Waals surface area contributed by atoms with Crippen LogP contribution in [0.4, 0.5) is 0 Å². The van der Waals surface area contributed by atoms with Crippen molar-refractivity contribution in [1.29, 1.82) is 0 Å². The summed E-state index contributed by atoms with van der Waals surface area (Å²) in [5.41, 5.74) is 3.78. The van der Waals surface area contributed by atoms with E-state index in [9.17, 15) is 9.59 Å². The van der Waals surface area contributed by atoms with Gasteiger partial charge in [0.05, 0.1) is 5.56 Å². The number of benzene rings is 3. The second-order valence-corrected chi connectivity index (χ2v) is 9.56. The van der Waals surface area contributed by atoms with Gasteiger partial charge in [0.2, 0.25) is 0 Å². The Hall–Kier alpha value is -3.20. The molecule has 0 N–H and O–H groups in total. The second kappa shape index (κ2) is 8.50. The van der Waals surface area contributed by atoms with E-state index in [0.29, 0.717) is 16.9 Å². The van der Waals surface area contributed by atoms with Crippen LogP contribution in [0.5, 0.6) is 5.75 Å². The van der Waals surface area contributed by atoms with Crippen molar-refractivity contribution in [1.82, 2.24) is 0 Å². The summed E-state index contributed by atoms with van der Waals surface area (Å²) in [6.45, 7) is 12.0.